The minimum atomic E-state index is -4.44. The van der Waals surface area contributed by atoms with Crippen LogP contribution in [0.4, 0.5) is 5.82 Å². The van der Waals surface area contributed by atoms with Gasteiger partial charge in [-0.05, 0) is 13.0 Å². The molecule has 0 aliphatic carbocycles. The van der Waals surface area contributed by atoms with Gasteiger partial charge in [-0.15, -0.1) is 5.10 Å². The number of fused-ring (bicyclic) bond motifs is 1. The van der Waals surface area contributed by atoms with Crippen LogP contribution in [0.1, 0.15) is 13.2 Å². The normalized spacial score (nSPS) is 31.3. The first-order chi connectivity index (χ1) is 11.1. The molecule has 1 saturated heterocycles. The minimum absolute atomic E-state index is 0.0855. The van der Waals surface area contributed by atoms with Crippen LogP contribution in [-0.2, 0) is 9.30 Å². The van der Waals surface area contributed by atoms with Crippen molar-refractivity contribution in [3.63, 3.8) is 0 Å². The number of nitrogens with two attached hydrogens (primary N) is 1. The summed E-state index contributed by atoms with van der Waals surface area (Å²) in [5.41, 5.74) is 4.21. The van der Waals surface area contributed by atoms with Crippen LogP contribution in [0.3, 0.4) is 0 Å². The van der Waals surface area contributed by atoms with Crippen LogP contribution >= 0.6 is 7.60 Å². The average molecular weight is 358 g/mol. The second-order valence-electron chi connectivity index (χ2n) is 5.52. The molecular formula is C11H15N6O6P. The van der Waals surface area contributed by atoms with Crippen molar-refractivity contribution in [3.8, 4) is 0 Å². The lowest BCUT2D eigenvalue weighted by Gasteiger charge is -2.26. The smallest absolute Gasteiger partial charge is 0.348 e. The lowest BCUT2D eigenvalue weighted by atomic mass is 9.96. The van der Waals surface area contributed by atoms with E-state index in [0.29, 0.717) is 5.82 Å². The van der Waals surface area contributed by atoms with Gasteiger partial charge in [0.2, 0.25) is 0 Å². The monoisotopic (exact) mass is 358 g/mol. The molecule has 0 unspecified atom stereocenters. The van der Waals surface area contributed by atoms with Gasteiger partial charge in [-0.1, -0.05) is 5.21 Å². The summed E-state index contributed by atoms with van der Waals surface area (Å²) in [4.78, 5) is 25.5. The molecule has 1 aliphatic heterocycles. The number of rotatable bonds is 3. The van der Waals surface area contributed by atoms with Crippen molar-refractivity contribution in [2.75, 3.05) is 5.73 Å². The Kier molecular flexibility index (Phi) is 3.91. The Labute approximate surface area is 134 Å². The molecule has 3 rings (SSSR count). The highest BCUT2D eigenvalue weighted by molar-refractivity contribution is 7.55. The number of aliphatic hydroxyl groups excluding tert-OH is 1. The lowest BCUT2D eigenvalue weighted by Crippen LogP contribution is -2.43. The Morgan fingerprint density at radius 3 is 2.83 bits per heavy atom. The molecule has 24 heavy (non-hydrogen) atoms. The van der Waals surface area contributed by atoms with Gasteiger partial charge in [0, 0.05) is 5.82 Å². The molecule has 1 aliphatic rings. The largest absolute Gasteiger partial charge is 0.387 e. The predicted molar refractivity (Wildman–Crippen MR) is 79.3 cm³/mol. The fourth-order valence-corrected chi connectivity index (χ4v) is 2.83. The number of hydrogen-bond acceptors (Lipinski definition) is 9. The van der Waals surface area contributed by atoms with Crippen LogP contribution in [-0.4, -0.2) is 62.8 Å². The van der Waals surface area contributed by atoms with Crippen molar-refractivity contribution in [3.05, 3.63) is 18.2 Å². The summed E-state index contributed by atoms with van der Waals surface area (Å²) in [5.74, 6) is 0.682. The molecule has 130 valence electrons. The van der Waals surface area contributed by atoms with Crippen LogP contribution in [0.5, 0.6) is 0 Å². The number of ether oxygens (including phenoxy) is 1. The van der Waals surface area contributed by atoms with E-state index < -0.39 is 31.6 Å². The number of nitrogen functional groups attached to an aromatic ring is 1. The van der Waals surface area contributed by atoms with Crippen molar-refractivity contribution in [2.24, 2.45) is 0 Å². The van der Waals surface area contributed by atoms with Crippen LogP contribution in [0.2, 0.25) is 0 Å². The second-order valence-corrected chi connectivity index (χ2v) is 7.00. The van der Waals surface area contributed by atoms with Crippen molar-refractivity contribution in [2.45, 2.75) is 31.0 Å². The molecule has 1 fully saturated rings. The maximum Gasteiger partial charge on any atom is 0.348 e. The Bertz CT molecular complexity index is 847. The van der Waals surface area contributed by atoms with Gasteiger partial charge in [-0.25, -0.2) is 9.97 Å². The number of aliphatic hydroxyl groups is 2. The molecule has 2 aromatic heterocycles. The van der Waals surface area contributed by atoms with Crippen molar-refractivity contribution >= 4 is 24.6 Å². The molecule has 13 heteroatoms. The summed E-state index contributed by atoms with van der Waals surface area (Å²) in [6.45, 7) is 1.30. The first-order valence-corrected chi connectivity index (χ1v) is 8.41. The van der Waals surface area contributed by atoms with Gasteiger partial charge in [0.05, 0.1) is 0 Å². The first kappa shape index (κ1) is 16.9. The zero-order valence-corrected chi connectivity index (χ0v) is 13.2. The van der Waals surface area contributed by atoms with Gasteiger partial charge in [-0.3, -0.25) is 4.57 Å². The third kappa shape index (κ3) is 2.79. The van der Waals surface area contributed by atoms with Gasteiger partial charge >= 0.3 is 7.60 Å². The molecule has 4 atom stereocenters. The summed E-state index contributed by atoms with van der Waals surface area (Å²) in [5, 5.41) is 28.4. The Morgan fingerprint density at radius 2 is 2.17 bits per heavy atom. The maximum atomic E-state index is 10.9. The molecular weight excluding hydrogens is 343 g/mol. The highest BCUT2D eigenvalue weighted by Crippen LogP contribution is 2.42. The van der Waals surface area contributed by atoms with E-state index >= 15 is 0 Å². The number of hydrogen-bond donors (Lipinski definition) is 5. The van der Waals surface area contributed by atoms with Gasteiger partial charge in [0.15, 0.2) is 23.2 Å². The molecule has 3 heterocycles. The van der Waals surface area contributed by atoms with E-state index in [2.05, 4.69) is 20.3 Å². The summed E-state index contributed by atoms with van der Waals surface area (Å²) in [6, 6.07) is 0. The Balaban J connectivity index is 2.00. The van der Waals surface area contributed by atoms with Gasteiger partial charge in [0.25, 0.3) is 0 Å². The van der Waals surface area contributed by atoms with Crippen molar-refractivity contribution in [1.82, 2.24) is 25.0 Å². The molecule has 0 radical (unpaired) electrons. The van der Waals surface area contributed by atoms with E-state index in [1.807, 2.05) is 0 Å². The number of anilines is 1. The summed E-state index contributed by atoms with van der Waals surface area (Å²) < 4.78 is 17.6. The van der Waals surface area contributed by atoms with E-state index in [0.717, 1.165) is 10.8 Å². The van der Waals surface area contributed by atoms with Gasteiger partial charge in [-0.2, -0.15) is 4.68 Å². The lowest BCUT2D eigenvalue weighted by molar-refractivity contribution is -0.0987. The van der Waals surface area contributed by atoms with Crippen LogP contribution in [0.15, 0.2) is 18.2 Å². The van der Waals surface area contributed by atoms with Gasteiger partial charge in [0.1, 0.15) is 24.1 Å². The Hall–Kier alpha value is -1.95. The van der Waals surface area contributed by atoms with E-state index in [-0.39, 0.29) is 17.0 Å². The highest BCUT2D eigenvalue weighted by atomic mass is 31.2. The van der Waals surface area contributed by atoms with Crippen molar-refractivity contribution < 1.29 is 29.3 Å². The Morgan fingerprint density at radius 1 is 1.46 bits per heavy atom. The summed E-state index contributed by atoms with van der Waals surface area (Å²) in [6.07, 6.45) is -1.68. The van der Waals surface area contributed by atoms with Crippen LogP contribution in [0.25, 0.3) is 11.2 Å². The predicted octanol–water partition coefficient (Wildman–Crippen LogP) is -1.50. The third-order valence-electron chi connectivity index (χ3n) is 3.68. The molecule has 0 spiro atoms. The molecule has 0 amide bonds. The zero-order chi connectivity index (χ0) is 17.7. The fraction of sp³-hybridized carbons (Fsp3) is 0.455. The van der Waals surface area contributed by atoms with E-state index in [1.54, 1.807) is 0 Å². The first-order valence-electron chi connectivity index (χ1n) is 6.73. The number of nitrogens with zero attached hydrogens (tertiary/aromatic N) is 5. The number of aromatic nitrogens is 5. The molecule has 0 aromatic carbocycles. The zero-order valence-electron chi connectivity index (χ0n) is 12.3. The second kappa shape index (κ2) is 5.55. The van der Waals surface area contributed by atoms with E-state index in [1.165, 1.54) is 13.3 Å². The van der Waals surface area contributed by atoms with Crippen LogP contribution in [0, 0.1) is 0 Å². The quantitative estimate of drug-likeness (QED) is 0.401. The molecule has 2 aromatic rings. The molecule has 12 nitrogen and oxygen atoms in total. The molecule has 6 N–H and O–H groups in total. The minimum Gasteiger partial charge on any atom is -0.387 e. The van der Waals surface area contributed by atoms with Crippen molar-refractivity contribution in [1.29, 1.82) is 0 Å². The van der Waals surface area contributed by atoms with E-state index in [4.69, 9.17) is 20.3 Å². The maximum absolute atomic E-state index is 10.9. The van der Waals surface area contributed by atoms with Crippen LogP contribution < -0.4 is 5.73 Å². The summed E-state index contributed by atoms with van der Waals surface area (Å²) in [7, 11) is -4.44. The SMILES string of the molecule is C[C@@]1(O)[C@H](O)[C@@H](C=CP(=O)(O)O)O[C@H]1n1nnc2c(N)ncnc21. The highest BCUT2D eigenvalue weighted by Gasteiger charge is 2.53. The standard InChI is InChI=1S/C11H15N6O6P/c1-11(19)7(18)5(2-3-24(20,21)22)23-10(11)17-9-6(15-16-17)8(12)13-4-14-9/h2-5,7,10,18-19H,1H3,(H2,12,13,14)(H2,20,21,22)/t5-,7-,10-,11-/m1/s1. The molecule has 0 bridgehead atoms. The third-order valence-corrected chi connectivity index (χ3v) is 4.24. The van der Waals surface area contributed by atoms with Gasteiger partial charge < -0.3 is 30.5 Å². The molecule has 0 saturated carbocycles. The van der Waals surface area contributed by atoms with E-state index in [9.17, 15) is 14.8 Å². The fourth-order valence-electron chi connectivity index (χ4n) is 2.43. The average Bonchev–Trinajstić information content (AvgIpc) is 2.99. The summed E-state index contributed by atoms with van der Waals surface area (Å²) >= 11 is 0. The topological polar surface area (TPSA) is 190 Å².